The fraction of sp³-hybridized carbons (Fsp3) is 0.391. The van der Waals surface area contributed by atoms with Crippen molar-refractivity contribution in [2.75, 3.05) is 26.2 Å². The third-order valence-electron chi connectivity index (χ3n) is 5.03. The van der Waals surface area contributed by atoms with E-state index in [1.165, 1.54) is 24.8 Å². The van der Waals surface area contributed by atoms with Crippen molar-refractivity contribution in [2.24, 2.45) is 0 Å². The average Bonchev–Trinajstić information content (AvgIpc) is 3.12. The van der Waals surface area contributed by atoms with Crippen molar-refractivity contribution in [1.82, 2.24) is 20.2 Å². The fourth-order valence-corrected chi connectivity index (χ4v) is 3.49. The molecular weight excluding hydrogens is 348 g/mol. The Labute approximate surface area is 167 Å². The first-order chi connectivity index (χ1) is 13.7. The maximum absolute atomic E-state index is 12.1. The monoisotopic (exact) mass is 378 g/mol. The Balaban J connectivity index is 1.52. The van der Waals surface area contributed by atoms with E-state index in [9.17, 15) is 4.79 Å². The van der Waals surface area contributed by atoms with Crippen LogP contribution >= 0.6 is 0 Å². The lowest BCUT2D eigenvalue weighted by molar-refractivity contribution is -0.121. The lowest BCUT2D eigenvalue weighted by Crippen LogP contribution is -2.34. The zero-order chi connectivity index (χ0) is 19.8. The summed E-state index contributed by atoms with van der Waals surface area (Å²) in [6.45, 7) is 9.47. The van der Waals surface area contributed by atoms with Crippen LogP contribution in [0.1, 0.15) is 37.1 Å². The van der Waals surface area contributed by atoms with E-state index in [4.69, 9.17) is 0 Å². The molecular formula is C23H30N4O. The quantitative estimate of drug-likeness (QED) is 0.683. The van der Waals surface area contributed by atoms with Gasteiger partial charge in [0.25, 0.3) is 0 Å². The van der Waals surface area contributed by atoms with Gasteiger partial charge in [-0.3, -0.25) is 4.79 Å². The van der Waals surface area contributed by atoms with Gasteiger partial charge in [0, 0.05) is 25.1 Å². The third-order valence-corrected chi connectivity index (χ3v) is 5.03. The van der Waals surface area contributed by atoms with Gasteiger partial charge in [-0.2, -0.15) is 0 Å². The van der Waals surface area contributed by atoms with E-state index in [2.05, 4.69) is 45.8 Å². The number of likely N-dealkylation sites (tertiary alicyclic amines) is 1. The number of fused-ring (bicyclic) bond motifs is 1. The first-order valence-electron chi connectivity index (χ1n) is 10.1. The molecule has 0 saturated carbocycles. The van der Waals surface area contributed by atoms with Crippen LogP contribution in [0.5, 0.6) is 0 Å². The van der Waals surface area contributed by atoms with Crippen molar-refractivity contribution in [1.29, 1.82) is 0 Å². The van der Waals surface area contributed by atoms with Crippen molar-refractivity contribution in [3.8, 4) is 0 Å². The number of hydrogen-bond acceptors (Lipinski definition) is 3. The summed E-state index contributed by atoms with van der Waals surface area (Å²) < 4.78 is 0. The fourth-order valence-electron chi connectivity index (χ4n) is 3.49. The smallest absolute Gasteiger partial charge is 0.221 e. The number of allylic oxidation sites excluding steroid dienone is 4. The van der Waals surface area contributed by atoms with Crippen LogP contribution in [0.3, 0.4) is 0 Å². The van der Waals surface area contributed by atoms with Gasteiger partial charge in [-0.15, -0.1) is 0 Å². The van der Waals surface area contributed by atoms with Crippen LogP contribution in [0.25, 0.3) is 16.6 Å². The Morgan fingerprint density at radius 1 is 1.32 bits per heavy atom. The van der Waals surface area contributed by atoms with Gasteiger partial charge >= 0.3 is 0 Å². The summed E-state index contributed by atoms with van der Waals surface area (Å²) in [4.78, 5) is 22.4. The number of carbonyl (C=O) groups excluding carboxylic acids is 1. The summed E-state index contributed by atoms with van der Waals surface area (Å²) in [5.74, 6) is 0.900. The highest BCUT2D eigenvalue weighted by Crippen LogP contribution is 2.19. The molecule has 2 heterocycles. The number of piperidine rings is 1. The maximum Gasteiger partial charge on any atom is 0.221 e. The molecule has 2 aromatic rings. The summed E-state index contributed by atoms with van der Waals surface area (Å²) in [5, 5.41) is 2.97. The molecule has 148 valence electrons. The number of aryl methyl sites for hydroxylation is 1. The lowest BCUT2D eigenvalue weighted by Gasteiger charge is -2.25. The standard InChI is InChI=1S/C23H30N4O/c1-3-8-19(23-25-20-11-10-18(2)17-21(20)26-23)9-7-13-24-22(28)12-16-27-14-5-4-6-15-27/h3,7-11,17H,1,4-6,12-16H2,2H3,(H,24,28)(H,25,26)/b9-7-,19-8+. The van der Waals surface area contributed by atoms with Crippen LogP contribution in [-0.4, -0.2) is 47.0 Å². The Hall–Kier alpha value is -2.66. The van der Waals surface area contributed by atoms with Gasteiger partial charge in [0.2, 0.25) is 5.91 Å². The van der Waals surface area contributed by atoms with E-state index in [0.29, 0.717) is 13.0 Å². The number of benzene rings is 1. The SMILES string of the molecule is C=C/C=C(\C=C/CNC(=O)CCN1CCCCC1)c1nc2ccc(C)cc2[nH]1. The zero-order valence-electron chi connectivity index (χ0n) is 16.7. The minimum absolute atomic E-state index is 0.101. The number of aromatic nitrogens is 2. The van der Waals surface area contributed by atoms with Gasteiger partial charge in [-0.1, -0.05) is 43.4 Å². The van der Waals surface area contributed by atoms with E-state index in [1.54, 1.807) is 6.08 Å². The van der Waals surface area contributed by atoms with Crippen LogP contribution in [0.2, 0.25) is 0 Å². The molecule has 5 heteroatoms. The average molecular weight is 379 g/mol. The van der Waals surface area contributed by atoms with Gasteiger partial charge in [0.15, 0.2) is 0 Å². The maximum atomic E-state index is 12.1. The van der Waals surface area contributed by atoms with Crippen LogP contribution in [-0.2, 0) is 4.79 Å². The van der Waals surface area contributed by atoms with Gasteiger partial charge in [-0.25, -0.2) is 4.98 Å². The van der Waals surface area contributed by atoms with E-state index >= 15 is 0 Å². The molecule has 1 fully saturated rings. The number of nitrogens with one attached hydrogen (secondary N) is 2. The number of H-pyrrole nitrogens is 1. The summed E-state index contributed by atoms with van der Waals surface area (Å²) in [7, 11) is 0. The van der Waals surface area contributed by atoms with Crippen molar-refractivity contribution < 1.29 is 4.79 Å². The molecule has 1 aliphatic rings. The first kappa shape index (κ1) is 20.1. The van der Waals surface area contributed by atoms with Crippen molar-refractivity contribution in [3.63, 3.8) is 0 Å². The normalized spacial score (nSPS) is 16.0. The molecule has 3 rings (SSSR count). The second kappa shape index (κ2) is 10.0. The highest BCUT2D eigenvalue weighted by atomic mass is 16.1. The van der Waals surface area contributed by atoms with Gasteiger partial charge in [0.1, 0.15) is 5.82 Å². The molecule has 5 nitrogen and oxygen atoms in total. The van der Waals surface area contributed by atoms with Crippen LogP contribution in [0.4, 0.5) is 0 Å². The van der Waals surface area contributed by atoms with Crippen LogP contribution in [0.15, 0.2) is 49.1 Å². The molecule has 2 N–H and O–H groups in total. The number of carbonyl (C=O) groups is 1. The molecule has 1 aliphatic heterocycles. The molecule has 0 bridgehead atoms. The topological polar surface area (TPSA) is 61.0 Å². The number of aromatic amines is 1. The van der Waals surface area contributed by atoms with Crippen molar-refractivity contribution in [2.45, 2.75) is 32.6 Å². The predicted molar refractivity (Wildman–Crippen MR) is 116 cm³/mol. The van der Waals surface area contributed by atoms with Crippen LogP contribution < -0.4 is 5.32 Å². The van der Waals surface area contributed by atoms with E-state index < -0.39 is 0 Å². The Bertz CT molecular complexity index is 872. The third kappa shape index (κ3) is 5.67. The Morgan fingerprint density at radius 3 is 2.93 bits per heavy atom. The summed E-state index contributed by atoms with van der Waals surface area (Å²) in [6.07, 6.45) is 12.0. The van der Waals surface area contributed by atoms with Gasteiger partial charge in [-0.05, 0) is 50.6 Å². The number of hydrogen-bond donors (Lipinski definition) is 2. The lowest BCUT2D eigenvalue weighted by atomic mass is 10.1. The van der Waals surface area contributed by atoms with Gasteiger partial charge in [0.05, 0.1) is 11.0 Å². The molecule has 0 atom stereocenters. The largest absolute Gasteiger partial charge is 0.353 e. The molecule has 1 aromatic carbocycles. The van der Waals surface area contributed by atoms with E-state index in [1.807, 2.05) is 24.3 Å². The molecule has 0 unspecified atom stereocenters. The number of amides is 1. The summed E-state index contributed by atoms with van der Waals surface area (Å²) in [6, 6.07) is 6.16. The first-order valence-corrected chi connectivity index (χ1v) is 10.1. The van der Waals surface area contributed by atoms with Crippen molar-refractivity contribution in [3.05, 3.63) is 60.5 Å². The molecule has 1 saturated heterocycles. The summed E-state index contributed by atoms with van der Waals surface area (Å²) >= 11 is 0. The number of imidazole rings is 1. The molecule has 28 heavy (non-hydrogen) atoms. The van der Waals surface area contributed by atoms with Crippen LogP contribution in [0, 0.1) is 6.92 Å². The minimum atomic E-state index is 0.101. The van der Waals surface area contributed by atoms with Gasteiger partial charge < -0.3 is 15.2 Å². The second-order valence-corrected chi connectivity index (χ2v) is 7.32. The number of nitrogens with zero attached hydrogens (tertiary/aromatic N) is 2. The Kier molecular flexibility index (Phi) is 7.20. The second-order valence-electron chi connectivity index (χ2n) is 7.32. The molecule has 1 amide bonds. The minimum Gasteiger partial charge on any atom is -0.353 e. The summed E-state index contributed by atoms with van der Waals surface area (Å²) in [5.41, 5.74) is 4.09. The Morgan fingerprint density at radius 2 is 2.14 bits per heavy atom. The van der Waals surface area contributed by atoms with Crippen molar-refractivity contribution >= 4 is 22.5 Å². The predicted octanol–water partition coefficient (Wildman–Crippen LogP) is 3.99. The highest BCUT2D eigenvalue weighted by Gasteiger charge is 2.11. The highest BCUT2D eigenvalue weighted by molar-refractivity contribution is 5.82. The molecule has 0 spiro atoms. The molecule has 1 aromatic heterocycles. The number of rotatable bonds is 8. The molecule has 0 radical (unpaired) electrons. The van der Waals surface area contributed by atoms with E-state index in [0.717, 1.165) is 42.1 Å². The molecule has 0 aliphatic carbocycles. The zero-order valence-corrected chi connectivity index (χ0v) is 16.7. The van der Waals surface area contributed by atoms with E-state index in [-0.39, 0.29) is 5.91 Å².